The first-order valence-electron chi connectivity index (χ1n) is 6.78. The molecule has 0 aliphatic rings. The predicted molar refractivity (Wildman–Crippen MR) is 86.3 cm³/mol. The molecule has 0 atom stereocenters. The Morgan fingerprint density at radius 1 is 1.24 bits per heavy atom. The van der Waals surface area contributed by atoms with Gasteiger partial charge in [-0.1, -0.05) is 17.7 Å². The van der Waals surface area contributed by atoms with E-state index in [1.807, 2.05) is 38.1 Å². The average Bonchev–Trinajstić information content (AvgIpc) is 2.45. The van der Waals surface area contributed by atoms with Gasteiger partial charge in [0.2, 0.25) is 5.95 Å². The lowest BCUT2D eigenvalue weighted by Gasteiger charge is -2.12. The number of rotatable bonds is 6. The fraction of sp³-hybridized carbons (Fsp3) is 0.333. The van der Waals surface area contributed by atoms with E-state index in [1.54, 1.807) is 7.11 Å². The van der Waals surface area contributed by atoms with Gasteiger partial charge in [-0.2, -0.15) is 4.98 Å². The van der Waals surface area contributed by atoms with Crippen LogP contribution in [0, 0.1) is 6.92 Å². The molecule has 112 valence electrons. The van der Waals surface area contributed by atoms with Crippen LogP contribution in [0.4, 0.5) is 11.8 Å². The highest BCUT2D eigenvalue weighted by atomic mass is 35.5. The molecule has 0 bridgehead atoms. The van der Waals surface area contributed by atoms with Gasteiger partial charge in [0.25, 0.3) is 0 Å². The Bertz CT molecular complexity index is 619. The number of aromatic nitrogens is 2. The van der Waals surface area contributed by atoms with Crippen LogP contribution in [-0.4, -0.2) is 23.6 Å². The molecule has 0 unspecified atom stereocenters. The molecule has 2 rings (SSSR count). The standard InChI is InChI=1S/C15H19ClN4O/c1-4-17-15-19-10(2)8-14(20-15)18-9-11-12(16)6-5-7-13(11)21-3/h5-8H,4,9H2,1-3H3,(H2,17,18,19,20). The van der Waals surface area contributed by atoms with Gasteiger partial charge < -0.3 is 15.4 Å². The number of hydrogen-bond acceptors (Lipinski definition) is 5. The van der Waals surface area contributed by atoms with Gasteiger partial charge in [-0.15, -0.1) is 0 Å². The van der Waals surface area contributed by atoms with Crippen LogP contribution in [0.1, 0.15) is 18.2 Å². The van der Waals surface area contributed by atoms with E-state index in [-0.39, 0.29) is 0 Å². The Labute approximate surface area is 129 Å². The fourth-order valence-electron chi connectivity index (χ4n) is 1.98. The molecular weight excluding hydrogens is 288 g/mol. The second kappa shape index (κ2) is 7.13. The molecule has 5 nitrogen and oxygen atoms in total. The van der Waals surface area contributed by atoms with Crippen LogP contribution in [0.25, 0.3) is 0 Å². The summed E-state index contributed by atoms with van der Waals surface area (Å²) in [5.41, 5.74) is 1.80. The van der Waals surface area contributed by atoms with Crippen LogP contribution < -0.4 is 15.4 Å². The Morgan fingerprint density at radius 3 is 2.76 bits per heavy atom. The van der Waals surface area contributed by atoms with Crippen LogP contribution in [0.5, 0.6) is 5.75 Å². The number of aryl methyl sites for hydroxylation is 1. The van der Waals surface area contributed by atoms with Gasteiger partial charge in [-0.3, -0.25) is 0 Å². The van der Waals surface area contributed by atoms with Gasteiger partial charge >= 0.3 is 0 Å². The zero-order valence-electron chi connectivity index (χ0n) is 12.4. The lowest BCUT2D eigenvalue weighted by molar-refractivity contribution is 0.410. The van der Waals surface area contributed by atoms with E-state index >= 15 is 0 Å². The number of anilines is 2. The molecule has 0 fully saturated rings. The number of ether oxygens (including phenoxy) is 1. The smallest absolute Gasteiger partial charge is 0.224 e. The van der Waals surface area contributed by atoms with E-state index in [9.17, 15) is 0 Å². The Balaban J connectivity index is 2.16. The van der Waals surface area contributed by atoms with E-state index in [0.717, 1.165) is 29.4 Å². The van der Waals surface area contributed by atoms with Gasteiger partial charge in [-0.25, -0.2) is 4.98 Å². The summed E-state index contributed by atoms with van der Waals surface area (Å²) in [5.74, 6) is 2.12. The number of benzene rings is 1. The van der Waals surface area contributed by atoms with Crippen LogP contribution in [0.15, 0.2) is 24.3 Å². The molecule has 0 saturated carbocycles. The molecule has 0 radical (unpaired) electrons. The molecular formula is C15H19ClN4O. The second-order valence-electron chi connectivity index (χ2n) is 4.52. The van der Waals surface area contributed by atoms with Gasteiger partial charge in [-0.05, 0) is 26.0 Å². The third kappa shape index (κ3) is 3.98. The molecule has 1 heterocycles. The van der Waals surface area contributed by atoms with Crippen LogP contribution >= 0.6 is 11.6 Å². The van der Waals surface area contributed by atoms with Crippen molar-refractivity contribution in [1.29, 1.82) is 0 Å². The SMILES string of the molecule is CCNc1nc(C)cc(NCc2c(Cl)cccc2OC)n1. The van der Waals surface area contributed by atoms with E-state index in [4.69, 9.17) is 16.3 Å². The minimum absolute atomic E-state index is 0.533. The molecule has 2 aromatic rings. The first-order valence-corrected chi connectivity index (χ1v) is 7.16. The molecule has 21 heavy (non-hydrogen) atoms. The van der Waals surface area contributed by atoms with Crippen LogP contribution in [0.3, 0.4) is 0 Å². The molecule has 0 amide bonds. The Hall–Kier alpha value is -2.01. The topological polar surface area (TPSA) is 59.1 Å². The number of nitrogens with one attached hydrogen (secondary N) is 2. The van der Waals surface area contributed by atoms with Crippen molar-refractivity contribution in [1.82, 2.24) is 9.97 Å². The van der Waals surface area contributed by atoms with E-state index in [2.05, 4.69) is 20.6 Å². The maximum Gasteiger partial charge on any atom is 0.224 e. The minimum atomic E-state index is 0.533. The zero-order chi connectivity index (χ0) is 15.2. The van der Waals surface area contributed by atoms with E-state index in [0.29, 0.717) is 17.5 Å². The molecule has 1 aromatic heterocycles. The Morgan fingerprint density at radius 2 is 2.05 bits per heavy atom. The Kier molecular flexibility index (Phi) is 5.22. The molecule has 2 N–H and O–H groups in total. The van der Waals surface area contributed by atoms with E-state index < -0.39 is 0 Å². The van der Waals surface area contributed by atoms with Gasteiger partial charge in [0.15, 0.2) is 0 Å². The zero-order valence-corrected chi connectivity index (χ0v) is 13.2. The summed E-state index contributed by atoms with van der Waals surface area (Å²) in [6.45, 7) is 5.25. The number of methoxy groups -OCH3 is 1. The molecule has 6 heteroatoms. The first-order chi connectivity index (χ1) is 10.1. The van der Waals surface area contributed by atoms with Crippen molar-refractivity contribution in [3.8, 4) is 5.75 Å². The lowest BCUT2D eigenvalue weighted by Crippen LogP contribution is -2.08. The third-order valence-electron chi connectivity index (χ3n) is 2.93. The minimum Gasteiger partial charge on any atom is -0.496 e. The maximum atomic E-state index is 6.22. The van der Waals surface area contributed by atoms with Gasteiger partial charge in [0.1, 0.15) is 11.6 Å². The normalized spacial score (nSPS) is 10.3. The summed E-state index contributed by atoms with van der Waals surface area (Å²) in [7, 11) is 1.63. The quantitative estimate of drug-likeness (QED) is 0.855. The van der Waals surface area contributed by atoms with Gasteiger partial charge in [0.05, 0.1) is 7.11 Å². The molecule has 0 spiro atoms. The molecule has 1 aromatic carbocycles. The van der Waals surface area contributed by atoms with Crippen molar-refractivity contribution in [2.24, 2.45) is 0 Å². The second-order valence-corrected chi connectivity index (χ2v) is 4.93. The number of hydrogen-bond donors (Lipinski definition) is 2. The highest BCUT2D eigenvalue weighted by Crippen LogP contribution is 2.27. The summed E-state index contributed by atoms with van der Waals surface area (Å²) >= 11 is 6.22. The highest BCUT2D eigenvalue weighted by molar-refractivity contribution is 6.31. The molecule has 0 aliphatic heterocycles. The van der Waals surface area contributed by atoms with Crippen molar-refractivity contribution >= 4 is 23.4 Å². The van der Waals surface area contributed by atoms with E-state index in [1.165, 1.54) is 0 Å². The third-order valence-corrected chi connectivity index (χ3v) is 3.29. The van der Waals surface area contributed by atoms with Crippen molar-refractivity contribution in [3.05, 3.63) is 40.5 Å². The molecule has 0 aliphatic carbocycles. The largest absolute Gasteiger partial charge is 0.496 e. The summed E-state index contributed by atoms with van der Waals surface area (Å²) in [6.07, 6.45) is 0. The summed E-state index contributed by atoms with van der Waals surface area (Å²) in [4.78, 5) is 8.72. The number of nitrogens with zero attached hydrogens (tertiary/aromatic N) is 2. The molecule has 0 saturated heterocycles. The maximum absolute atomic E-state index is 6.22. The van der Waals surface area contributed by atoms with Gasteiger partial charge in [0, 0.05) is 35.4 Å². The highest BCUT2D eigenvalue weighted by Gasteiger charge is 2.08. The number of halogens is 1. The first kappa shape index (κ1) is 15.4. The lowest BCUT2D eigenvalue weighted by atomic mass is 10.2. The van der Waals surface area contributed by atoms with Crippen molar-refractivity contribution in [2.75, 3.05) is 24.3 Å². The monoisotopic (exact) mass is 306 g/mol. The summed E-state index contributed by atoms with van der Waals surface area (Å²) < 4.78 is 5.33. The van der Waals surface area contributed by atoms with Crippen LogP contribution in [0.2, 0.25) is 5.02 Å². The van der Waals surface area contributed by atoms with Crippen molar-refractivity contribution in [2.45, 2.75) is 20.4 Å². The summed E-state index contributed by atoms with van der Waals surface area (Å²) in [5, 5.41) is 7.03. The predicted octanol–water partition coefficient (Wildman–Crippen LogP) is 3.49. The average molecular weight is 307 g/mol. The van der Waals surface area contributed by atoms with Crippen molar-refractivity contribution in [3.63, 3.8) is 0 Å². The fourth-order valence-corrected chi connectivity index (χ4v) is 2.21. The van der Waals surface area contributed by atoms with Crippen LogP contribution in [-0.2, 0) is 6.54 Å². The summed E-state index contributed by atoms with van der Waals surface area (Å²) in [6, 6.07) is 7.49. The van der Waals surface area contributed by atoms with Crippen molar-refractivity contribution < 1.29 is 4.74 Å².